The van der Waals surface area contributed by atoms with Crippen LogP contribution in [0.25, 0.3) is 11.0 Å². The average molecular weight is 443 g/mol. The van der Waals surface area contributed by atoms with E-state index in [0.29, 0.717) is 12.0 Å². The van der Waals surface area contributed by atoms with Crippen LogP contribution in [0.1, 0.15) is 68.2 Å². The van der Waals surface area contributed by atoms with E-state index in [1.54, 1.807) is 6.33 Å². The number of anilines is 2. The molecule has 33 heavy (non-hydrogen) atoms. The minimum Gasteiger partial charge on any atom is -0.371 e. The largest absolute Gasteiger partial charge is 0.371 e. The van der Waals surface area contributed by atoms with E-state index in [0.717, 1.165) is 49.2 Å². The Morgan fingerprint density at radius 1 is 0.848 bits per heavy atom. The molecule has 0 atom stereocenters. The molecule has 2 fully saturated rings. The van der Waals surface area contributed by atoms with Crippen LogP contribution >= 0.6 is 0 Å². The second-order valence-corrected chi connectivity index (χ2v) is 10.1. The van der Waals surface area contributed by atoms with E-state index in [9.17, 15) is 0 Å². The third-order valence-electron chi connectivity index (χ3n) is 7.93. The first-order chi connectivity index (χ1) is 16.3. The van der Waals surface area contributed by atoms with Gasteiger partial charge in [-0.3, -0.25) is 9.97 Å². The highest BCUT2D eigenvalue weighted by atomic mass is 15.1. The lowest BCUT2D eigenvalue weighted by atomic mass is 9.82. The zero-order chi connectivity index (χ0) is 22.0. The Labute approximate surface area is 196 Å². The van der Waals surface area contributed by atoms with Crippen molar-refractivity contribution in [2.45, 2.75) is 76.7 Å². The molecule has 6 heteroatoms. The summed E-state index contributed by atoms with van der Waals surface area (Å²) in [5, 5.41) is 3.77. The van der Waals surface area contributed by atoms with Gasteiger partial charge >= 0.3 is 0 Å². The molecule has 6 rings (SSSR count). The minimum absolute atomic E-state index is 0.525. The molecule has 2 aliphatic carbocycles. The van der Waals surface area contributed by atoms with Crippen molar-refractivity contribution in [3.63, 3.8) is 0 Å². The molecule has 172 valence electrons. The van der Waals surface area contributed by atoms with E-state index < -0.39 is 0 Å². The van der Waals surface area contributed by atoms with Gasteiger partial charge in [-0.15, -0.1) is 0 Å². The molecule has 1 saturated carbocycles. The molecule has 1 N–H and O–H groups in total. The number of nitrogens with one attached hydrogen (secondary N) is 1. The van der Waals surface area contributed by atoms with Crippen molar-refractivity contribution < 1.29 is 0 Å². The zero-order valence-electron chi connectivity index (χ0n) is 19.5. The molecule has 0 amide bonds. The summed E-state index contributed by atoms with van der Waals surface area (Å²) < 4.78 is 0. The number of fused-ring (bicyclic) bond motifs is 2. The van der Waals surface area contributed by atoms with Crippen LogP contribution in [0.3, 0.4) is 0 Å². The first kappa shape index (κ1) is 20.8. The molecule has 1 aliphatic heterocycles. The van der Waals surface area contributed by atoms with E-state index in [1.165, 1.54) is 73.9 Å². The number of hydrogen-bond acceptors (Lipinski definition) is 6. The zero-order valence-corrected chi connectivity index (χ0v) is 19.5. The summed E-state index contributed by atoms with van der Waals surface area (Å²) in [5.74, 6) is 1.80. The van der Waals surface area contributed by atoms with Gasteiger partial charge < -0.3 is 10.2 Å². The molecule has 3 aromatic rings. The maximum absolute atomic E-state index is 4.73. The lowest BCUT2D eigenvalue weighted by Gasteiger charge is -2.31. The van der Waals surface area contributed by atoms with Gasteiger partial charge in [-0.05, 0) is 94.2 Å². The van der Waals surface area contributed by atoms with Crippen molar-refractivity contribution in [1.82, 2.24) is 19.9 Å². The summed E-state index contributed by atoms with van der Waals surface area (Å²) >= 11 is 0. The quantitative estimate of drug-likeness (QED) is 0.592. The van der Waals surface area contributed by atoms with E-state index in [4.69, 9.17) is 4.98 Å². The molecular formula is C27H34N6. The van der Waals surface area contributed by atoms with Crippen molar-refractivity contribution >= 4 is 22.5 Å². The molecule has 6 nitrogen and oxygen atoms in total. The summed E-state index contributed by atoms with van der Waals surface area (Å²) in [6.07, 6.45) is 18.8. The SMILES string of the molecule is c1nc2c(c(N[C@H]3CC[C@@H](Cc4cc(N5CCCCC5)cc5nccnc45)CC3)n1)CCC2. The van der Waals surface area contributed by atoms with E-state index >= 15 is 0 Å². The number of aromatic nitrogens is 4. The monoisotopic (exact) mass is 442 g/mol. The molecule has 3 heterocycles. The Bertz CT molecular complexity index is 1110. The second-order valence-electron chi connectivity index (χ2n) is 10.1. The predicted octanol–water partition coefficient (Wildman–Crippen LogP) is 5.11. The smallest absolute Gasteiger partial charge is 0.133 e. The van der Waals surface area contributed by atoms with Crippen molar-refractivity contribution in [3.05, 3.63) is 47.7 Å². The van der Waals surface area contributed by atoms with Crippen LogP contribution in [0.5, 0.6) is 0 Å². The van der Waals surface area contributed by atoms with Crippen LogP contribution in [-0.2, 0) is 19.3 Å². The lowest BCUT2D eigenvalue weighted by Crippen LogP contribution is -2.29. The molecule has 0 bridgehead atoms. The second kappa shape index (κ2) is 9.24. The van der Waals surface area contributed by atoms with Gasteiger partial charge in [-0.1, -0.05) is 0 Å². The van der Waals surface area contributed by atoms with E-state index in [-0.39, 0.29) is 0 Å². The van der Waals surface area contributed by atoms with Gasteiger partial charge in [-0.25, -0.2) is 9.97 Å². The third-order valence-corrected chi connectivity index (χ3v) is 7.93. The summed E-state index contributed by atoms with van der Waals surface area (Å²) in [6, 6.07) is 5.19. The van der Waals surface area contributed by atoms with Crippen LogP contribution in [-0.4, -0.2) is 39.1 Å². The van der Waals surface area contributed by atoms with Gasteiger partial charge in [0.25, 0.3) is 0 Å². The van der Waals surface area contributed by atoms with Crippen LogP contribution in [0.15, 0.2) is 30.9 Å². The fourth-order valence-corrected chi connectivity index (χ4v) is 6.12. The van der Waals surface area contributed by atoms with E-state index in [1.807, 2.05) is 12.4 Å². The van der Waals surface area contributed by atoms with Crippen LogP contribution in [0, 0.1) is 5.92 Å². The van der Waals surface area contributed by atoms with Gasteiger partial charge in [0.1, 0.15) is 12.1 Å². The summed E-state index contributed by atoms with van der Waals surface area (Å²) in [6.45, 7) is 2.32. The molecule has 2 aromatic heterocycles. The number of benzene rings is 1. The first-order valence-corrected chi connectivity index (χ1v) is 12.9. The van der Waals surface area contributed by atoms with Gasteiger partial charge in [0.15, 0.2) is 0 Å². The highest BCUT2D eigenvalue weighted by molar-refractivity contribution is 5.82. The molecule has 3 aliphatic rings. The van der Waals surface area contributed by atoms with Crippen molar-refractivity contribution in [2.24, 2.45) is 5.92 Å². The fourth-order valence-electron chi connectivity index (χ4n) is 6.12. The maximum atomic E-state index is 4.73. The van der Waals surface area contributed by atoms with Crippen LogP contribution < -0.4 is 10.2 Å². The van der Waals surface area contributed by atoms with Gasteiger partial charge in [-0.2, -0.15) is 0 Å². The number of aryl methyl sites for hydroxylation is 1. The molecule has 0 spiro atoms. The van der Waals surface area contributed by atoms with Gasteiger partial charge in [0.05, 0.1) is 11.0 Å². The summed E-state index contributed by atoms with van der Waals surface area (Å²) in [7, 11) is 0. The lowest BCUT2D eigenvalue weighted by molar-refractivity contribution is 0.336. The third kappa shape index (κ3) is 4.40. The number of hydrogen-bond donors (Lipinski definition) is 1. The first-order valence-electron chi connectivity index (χ1n) is 12.9. The van der Waals surface area contributed by atoms with Crippen molar-refractivity contribution in [2.75, 3.05) is 23.3 Å². The highest BCUT2D eigenvalue weighted by Gasteiger charge is 2.25. The van der Waals surface area contributed by atoms with Crippen LogP contribution in [0.2, 0.25) is 0 Å². The molecule has 0 unspecified atom stereocenters. The summed E-state index contributed by atoms with van der Waals surface area (Å²) in [5.41, 5.74) is 7.47. The molecule has 1 aromatic carbocycles. The highest BCUT2D eigenvalue weighted by Crippen LogP contribution is 2.34. The topological polar surface area (TPSA) is 66.8 Å². The standard InChI is InChI=1S/C27H34N6/c1-2-13-33(14-3-1)22-16-20(26-25(17-22)28-11-12-29-26)15-19-7-9-21(10-8-19)32-27-23-5-4-6-24(23)30-18-31-27/h11-12,16-19,21H,1-10,13-15H2,(H,30,31,32)/t19-,21+. The van der Waals surface area contributed by atoms with Crippen molar-refractivity contribution in [1.29, 1.82) is 0 Å². The molecular weight excluding hydrogens is 408 g/mol. The Kier molecular flexibility index (Phi) is 5.83. The van der Waals surface area contributed by atoms with Crippen LogP contribution in [0.4, 0.5) is 11.5 Å². The van der Waals surface area contributed by atoms with E-state index in [2.05, 4.69) is 37.3 Å². The number of rotatable bonds is 5. The Hall–Kier alpha value is -2.76. The molecule has 1 saturated heterocycles. The summed E-state index contributed by atoms with van der Waals surface area (Å²) in [4.78, 5) is 21.0. The normalized spacial score (nSPS) is 23.0. The Balaban J connectivity index is 1.15. The Morgan fingerprint density at radius 3 is 2.58 bits per heavy atom. The Morgan fingerprint density at radius 2 is 1.70 bits per heavy atom. The number of piperidine rings is 1. The maximum Gasteiger partial charge on any atom is 0.133 e. The predicted molar refractivity (Wildman–Crippen MR) is 133 cm³/mol. The van der Waals surface area contributed by atoms with Gasteiger partial charge in [0.2, 0.25) is 0 Å². The fraction of sp³-hybridized carbons (Fsp3) is 0.556. The molecule has 0 radical (unpaired) electrons. The van der Waals surface area contributed by atoms with Crippen molar-refractivity contribution in [3.8, 4) is 0 Å². The number of nitrogens with zero attached hydrogens (tertiary/aromatic N) is 5. The van der Waals surface area contributed by atoms with Gasteiger partial charge in [0, 0.05) is 48.5 Å². The average Bonchev–Trinajstić information content (AvgIpc) is 3.36. The minimum atomic E-state index is 0.525.